The van der Waals surface area contributed by atoms with Crippen molar-refractivity contribution in [3.8, 4) is 0 Å². The van der Waals surface area contributed by atoms with Crippen LogP contribution in [0.25, 0.3) is 0 Å². The fourth-order valence-corrected chi connectivity index (χ4v) is 5.71. The molecule has 2 heterocycles. The van der Waals surface area contributed by atoms with Gasteiger partial charge in [0.15, 0.2) is 0 Å². The third-order valence-electron chi connectivity index (χ3n) is 5.89. The predicted octanol–water partition coefficient (Wildman–Crippen LogP) is 3.47. The molecule has 0 aromatic rings. The van der Waals surface area contributed by atoms with Gasteiger partial charge in [0.2, 0.25) is 0 Å². The van der Waals surface area contributed by atoms with Crippen LogP contribution in [-0.2, 0) is 9.47 Å². The molecule has 0 saturated carbocycles. The normalized spacial score (nSPS) is 27.7. The Hall–Kier alpha value is 0.230. The summed E-state index contributed by atoms with van der Waals surface area (Å²) >= 11 is 2.08. The van der Waals surface area contributed by atoms with Crippen molar-refractivity contribution in [1.82, 2.24) is 5.32 Å². The van der Waals surface area contributed by atoms with Crippen LogP contribution >= 0.6 is 11.8 Å². The molecule has 3 nitrogen and oxygen atoms in total. The molecule has 0 bridgehead atoms. The number of rotatable bonds is 6. The maximum Gasteiger partial charge on any atom is 0.0828 e. The smallest absolute Gasteiger partial charge is 0.0828 e. The molecule has 2 fully saturated rings. The van der Waals surface area contributed by atoms with E-state index in [1.54, 1.807) is 0 Å². The zero-order chi connectivity index (χ0) is 15.3. The van der Waals surface area contributed by atoms with E-state index in [9.17, 15) is 0 Å². The summed E-state index contributed by atoms with van der Waals surface area (Å²) < 4.78 is 12.3. The van der Waals surface area contributed by atoms with Crippen molar-refractivity contribution < 1.29 is 9.47 Å². The molecule has 2 saturated heterocycles. The van der Waals surface area contributed by atoms with Crippen LogP contribution in [-0.4, -0.2) is 49.5 Å². The molecule has 0 aliphatic carbocycles. The molecule has 0 radical (unpaired) electrons. The lowest BCUT2D eigenvalue weighted by atomic mass is 9.72. The fraction of sp³-hybridized carbons (Fsp3) is 1.00. The van der Waals surface area contributed by atoms with Crippen molar-refractivity contribution in [2.45, 2.75) is 69.6 Å². The minimum atomic E-state index is -0.0403. The van der Waals surface area contributed by atoms with Crippen LogP contribution in [0.5, 0.6) is 0 Å². The Bertz CT molecular complexity index is 300. The van der Waals surface area contributed by atoms with E-state index in [0.717, 1.165) is 25.9 Å². The Morgan fingerprint density at radius 2 is 2.00 bits per heavy atom. The van der Waals surface area contributed by atoms with Crippen LogP contribution in [0.3, 0.4) is 0 Å². The highest BCUT2D eigenvalue weighted by Crippen LogP contribution is 2.43. The second-order valence-electron chi connectivity index (χ2n) is 6.64. The van der Waals surface area contributed by atoms with Gasteiger partial charge < -0.3 is 14.8 Å². The highest BCUT2D eigenvalue weighted by Gasteiger charge is 2.46. The molecule has 0 amide bonds. The number of likely N-dealkylation sites (N-methyl/N-ethyl adjacent to an activating group) is 1. The minimum absolute atomic E-state index is 0.0403. The van der Waals surface area contributed by atoms with Gasteiger partial charge in [0.05, 0.1) is 11.2 Å². The van der Waals surface area contributed by atoms with Gasteiger partial charge in [-0.25, -0.2) is 0 Å². The third-order valence-corrected chi connectivity index (χ3v) is 6.87. The summed E-state index contributed by atoms with van der Waals surface area (Å²) in [7, 11) is 3.98. The molecule has 124 valence electrons. The molecule has 2 rings (SSSR count). The van der Waals surface area contributed by atoms with E-state index in [1.807, 2.05) is 7.11 Å². The van der Waals surface area contributed by atoms with Gasteiger partial charge in [0, 0.05) is 19.8 Å². The van der Waals surface area contributed by atoms with Gasteiger partial charge >= 0.3 is 0 Å². The van der Waals surface area contributed by atoms with Crippen molar-refractivity contribution in [2.24, 2.45) is 5.92 Å². The lowest BCUT2D eigenvalue weighted by molar-refractivity contribution is -0.131. The molecular formula is C17H33NO2S. The molecule has 2 unspecified atom stereocenters. The van der Waals surface area contributed by atoms with Crippen molar-refractivity contribution in [3.05, 3.63) is 0 Å². The van der Waals surface area contributed by atoms with E-state index in [2.05, 4.69) is 38.0 Å². The van der Waals surface area contributed by atoms with E-state index in [0.29, 0.717) is 12.0 Å². The summed E-state index contributed by atoms with van der Waals surface area (Å²) in [6.45, 7) is 5.42. The highest BCUT2D eigenvalue weighted by molar-refractivity contribution is 7.99. The average Bonchev–Trinajstić information content (AvgIpc) is 2.53. The first-order valence-electron chi connectivity index (χ1n) is 8.59. The first-order chi connectivity index (χ1) is 10.2. The summed E-state index contributed by atoms with van der Waals surface area (Å²) in [5.74, 6) is 3.17. The number of thioether (sulfide) groups is 1. The largest absolute Gasteiger partial charge is 0.377 e. The highest BCUT2D eigenvalue weighted by atomic mass is 32.2. The fourth-order valence-electron chi connectivity index (χ4n) is 4.48. The van der Waals surface area contributed by atoms with Crippen molar-refractivity contribution in [1.29, 1.82) is 0 Å². The van der Waals surface area contributed by atoms with Crippen molar-refractivity contribution in [3.63, 3.8) is 0 Å². The minimum Gasteiger partial charge on any atom is -0.377 e. The molecule has 0 aromatic carbocycles. The van der Waals surface area contributed by atoms with Gasteiger partial charge in [-0.15, -0.1) is 0 Å². The zero-order valence-corrected chi connectivity index (χ0v) is 15.1. The number of hydrogen-bond acceptors (Lipinski definition) is 4. The first-order valence-corrected chi connectivity index (χ1v) is 9.75. The molecule has 0 aromatic heterocycles. The van der Waals surface area contributed by atoms with Crippen LogP contribution in [0.4, 0.5) is 0 Å². The number of ether oxygens (including phenoxy) is 2. The van der Waals surface area contributed by atoms with Gasteiger partial charge in [0.1, 0.15) is 0 Å². The van der Waals surface area contributed by atoms with E-state index in [1.165, 1.54) is 30.8 Å². The summed E-state index contributed by atoms with van der Waals surface area (Å²) in [6.07, 6.45) is 6.93. The third kappa shape index (κ3) is 3.60. The monoisotopic (exact) mass is 315 g/mol. The zero-order valence-electron chi connectivity index (χ0n) is 14.2. The Kier molecular flexibility index (Phi) is 6.42. The van der Waals surface area contributed by atoms with E-state index in [4.69, 9.17) is 9.47 Å². The maximum atomic E-state index is 6.26. The van der Waals surface area contributed by atoms with Gasteiger partial charge in [0.25, 0.3) is 0 Å². The summed E-state index contributed by atoms with van der Waals surface area (Å²) in [5, 5.41) is 3.60. The predicted molar refractivity (Wildman–Crippen MR) is 91.1 cm³/mol. The van der Waals surface area contributed by atoms with Gasteiger partial charge in [-0.3, -0.25) is 0 Å². The molecule has 4 heteroatoms. The van der Waals surface area contributed by atoms with Gasteiger partial charge in [-0.05, 0) is 63.0 Å². The Morgan fingerprint density at radius 1 is 1.33 bits per heavy atom. The Balaban J connectivity index is 2.13. The van der Waals surface area contributed by atoms with E-state index < -0.39 is 0 Å². The van der Waals surface area contributed by atoms with Crippen LogP contribution < -0.4 is 5.32 Å². The SMILES string of the molecule is CCC(CC)(OC)C(NC)C1CCOC2(CCSCC2)C1. The molecular weight excluding hydrogens is 282 g/mol. The van der Waals surface area contributed by atoms with Gasteiger partial charge in [-0.2, -0.15) is 11.8 Å². The second-order valence-corrected chi connectivity index (χ2v) is 7.86. The van der Waals surface area contributed by atoms with Crippen LogP contribution in [0, 0.1) is 5.92 Å². The van der Waals surface area contributed by atoms with Crippen molar-refractivity contribution >= 4 is 11.8 Å². The summed E-state index contributed by atoms with van der Waals surface area (Å²) in [4.78, 5) is 0. The first kappa shape index (κ1) is 17.6. The van der Waals surface area contributed by atoms with Crippen LogP contribution in [0.1, 0.15) is 52.4 Å². The lowest BCUT2D eigenvalue weighted by Gasteiger charge is -2.49. The quantitative estimate of drug-likeness (QED) is 0.813. The average molecular weight is 316 g/mol. The van der Waals surface area contributed by atoms with E-state index >= 15 is 0 Å². The van der Waals surface area contributed by atoms with Crippen LogP contribution in [0.2, 0.25) is 0 Å². The molecule has 21 heavy (non-hydrogen) atoms. The second kappa shape index (κ2) is 7.67. The number of methoxy groups -OCH3 is 1. The van der Waals surface area contributed by atoms with Crippen molar-refractivity contribution in [2.75, 3.05) is 32.3 Å². The lowest BCUT2D eigenvalue weighted by Crippen LogP contribution is -2.57. The molecule has 2 aliphatic rings. The molecule has 1 N–H and O–H groups in total. The van der Waals surface area contributed by atoms with Crippen LogP contribution in [0.15, 0.2) is 0 Å². The standard InChI is InChI=1S/C17H33NO2S/c1-5-17(6-2,19-4)15(18-3)14-7-10-20-16(13-14)8-11-21-12-9-16/h14-15,18H,5-13H2,1-4H3. The number of hydrogen-bond donors (Lipinski definition) is 1. The molecule has 2 aliphatic heterocycles. The number of nitrogens with one attached hydrogen (secondary N) is 1. The maximum absolute atomic E-state index is 6.26. The Morgan fingerprint density at radius 3 is 2.52 bits per heavy atom. The van der Waals surface area contributed by atoms with E-state index in [-0.39, 0.29) is 11.2 Å². The summed E-state index contributed by atoms with van der Waals surface area (Å²) in [6, 6.07) is 0.424. The Labute approximate surface area is 134 Å². The molecule has 2 atom stereocenters. The van der Waals surface area contributed by atoms with Gasteiger partial charge in [-0.1, -0.05) is 13.8 Å². The molecule has 1 spiro atoms. The topological polar surface area (TPSA) is 30.5 Å². The summed E-state index contributed by atoms with van der Waals surface area (Å²) in [5.41, 5.74) is 0.117.